The maximum Gasteiger partial charge on any atom is 0.254 e. The summed E-state index contributed by atoms with van der Waals surface area (Å²) in [5.74, 6) is -0.129. The summed E-state index contributed by atoms with van der Waals surface area (Å²) in [6, 6.07) is 21.9. The smallest absolute Gasteiger partial charge is 0.254 e. The fourth-order valence-electron chi connectivity index (χ4n) is 3.74. The van der Waals surface area contributed by atoms with Crippen LogP contribution in [0.15, 0.2) is 66.7 Å². The van der Waals surface area contributed by atoms with E-state index in [9.17, 15) is 9.59 Å². The van der Waals surface area contributed by atoms with Crippen molar-refractivity contribution in [2.75, 3.05) is 6.54 Å². The molecule has 0 radical (unpaired) electrons. The number of carbonyl (C=O) groups excluding carboxylic acids is 2. The highest BCUT2D eigenvalue weighted by molar-refractivity contribution is 7.11. The molecule has 0 N–H and O–H groups in total. The van der Waals surface area contributed by atoms with Gasteiger partial charge in [-0.05, 0) is 62.1 Å². The van der Waals surface area contributed by atoms with Crippen molar-refractivity contribution in [3.63, 3.8) is 0 Å². The molecule has 33 heavy (non-hydrogen) atoms. The van der Waals surface area contributed by atoms with E-state index in [0.717, 1.165) is 23.3 Å². The Balaban J connectivity index is 1.82. The van der Waals surface area contributed by atoms with Crippen molar-refractivity contribution in [2.24, 2.45) is 0 Å². The van der Waals surface area contributed by atoms with Crippen molar-refractivity contribution in [3.05, 3.63) is 93.2 Å². The number of carbonyl (C=O) groups is 2. The summed E-state index contributed by atoms with van der Waals surface area (Å²) in [7, 11) is 0. The van der Waals surface area contributed by atoms with E-state index in [-0.39, 0.29) is 24.4 Å². The predicted octanol–water partition coefficient (Wildman–Crippen LogP) is 6.09. The third-order valence-electron chi connectivity index (χ3n) is 6.01. The Bertz CT molecular complexity index is 1040. The van der Waals surface area contributed by atoms with Crippen LogP contribution in [-0.2, 0) is 24.3 Å². The van der Waals surface area contributed by atoms with E-state index >= 15 is 0 Å². The zero-order chi connectivity index (χ0) is 23.8. The van der Waals surface area contributed by atoms with Crippen LogP contribution in [0.5, 0.6) is 0 Å². The SMILES string of the molecule is CCc1ccc(C(=O)N(CC(=O)N(Cc2ccccc2)Cc2ccc(C)s2)C(C)CC)cc1. The molecule has 3 aromatic rings. The molecule has 0 fully saturated rings. The van der Waals surface area contributed by atoms with Gasteiger partial charge >= 0.3 is 0 Å². The van der Waals surface area contributed by atoms with Gasteiger partial charge in [-0.15, -0.1) is 11.3 Å². The van der Waals surface area contributed by atoms with E-state index in [2.05, 4.69) is 26.0 Å². The molecule has 0 saturated heterocycles. The van der Waals surface area contributed by atoms with E-state index < -0.39 is 0 Å². The van der Waals surface area contributed by atoms with Gasteiger partial charge in [0.15, 0.2) is 0 Å². The molecule has 0 aliphatic heterocycles. The van der Waals surface area contributed by atoms with Gasteiger partial charge in [-0.2, -0.15) is 0 Å². The molecule has 1 unspecified atom stereocenters. The molecule has 0 aliphatic carbocycles. The molecular formula is C28H34N2O2S. The summed E-state index contributed by atoms with van der Waals surface area (Å²) >= 11 is 1.71. The van der Waals surface area contributed by atoms with Crippen molar-refractivity contribution in [2.45, 2.75) is 59.7 Å². The van der Waals surface area contributed by atoms with Crippen LogP contribution in [0.1, 0.15) is 58.4 Å². The quantitative estimate of drug-likeness (QED) is 0.366. The van der Waals surface area contributed by atoms with Crippen molar-refractivity contribution < 1.29 is 9.59 Å². The molecule has 4 nitrogen and oxygen atoms in total. The Morgan fingerprint density at radius 1 is 0.879 bits per heavy atom. The second kappa shape index (κ2) is 11.8. The first-order chi connectivity index (χ1) is 15.9. The van der Waals surface area contributed by atoms with E-state index in [4.69, 9.17) is 0 Å². The first-order valence-corrected chi connectivity index (χ1v) is 12.5. The second-order valence-electron chi connectivity index (χ2n) is 8.49. The highest BCUT2D eigenvalue weighted by atomic mass is 32.1. The number of amides is 2. The fraction of sp³-hybridized carbons (Fsp3) is 0.357. The van der Waals surface area contributed by atoms with Crippen LogP contribution in [-0.4, -0.2) is 34.2 Å². The standard InChI is InChI=1S/C28H34N2O2S/c1-5-21(3)30(28(32)25-15-13-23(6-2)14-16-25)20-27(31)29(18-24-10-8-7-9-11-24)19-26-17-12-22(4)33-26/h7-17,21H,5-6,18-20H2,1-4H3. The molecule has 2 amide bonds. The molecule has 1 aromatic heterocycles. The van der Waals surface area contributed by atoms with E-state index in [1.54, 1.807) is 16.2 Å². The first kappa shape index (κ1) is 24.7. The van der Waals surface area contributed by atoms with Crippen LogP contribution >= 0.6 is 11.3 Å². The van der Waals surface area contributed by atoms with Crippen LogP contribution in [0.3, 0.4) is 0 Å². The third-order valence-corrected chi connectivity index (χ3v) is 7.00. The minimum absolute atomic E-state index is 0.0325. The van der Waals surface area contributed by atoms with Crippen LogP contribution in [0, 0.1) is 6.92 Å². The van der Waals surface area contributed by atoms with Crippen LogP contribution < -0.4 is 0 Å². The number of aryl methyl sites for hydroxylation is 2. The average Bonchev–Trinajstić information content (AvgIpc) is 3.26. The predicted molar refractivity (Wildman–Crippen MR) is 136 cm³/mol. The number of benzene rings is 2. The van der Waals surface area contributed by atoms with Gasteiger partial charge in [0.1, 0.15) is 6.54 Å². The fourth-order valence-corrected chi connectivity index (χ4v) is 4.64. The topological polar surface area (TPSA) is 40.6 Å². The molecule has 3 rings (SSSR count). The van der Waals surface area contributed by atoms with Crippen LogP contribution in [0.2, 0.25) is 0 Å². The molecule has 1 atom stereocenters. The molecule has 5 heteroatoms. The Kier molecular flexibility index (Phi) is 8.84. The molecule has 2 aromatic carbocycles. The Labute approximate surface area is 201 Å². The normalized spacial score (nSPS) is 11.8. The lowest BCUT2D eigenvalue weighted by atomic mass is 10.1. The second-order valence-corrected chi connectivity index (χ2v) is 9.86. The van der Waals surface area contributed by atoms with Gasteiger partial charge in [0.05, 0.1) is 6.54 Å². The molecule has 0 bridgehead atoms. The Morgan fingerprint density at radius 2 is 1.58 bits per heavy atom. The van der Waals surface area contributed by atoms with Gasteiger partial charge in [-0.3, -0.25) is 9.59 Å². The van der Waals surface area contributed by atoms with Gasteiger partial charge in [0.2, 0.25) is 5.91 Å². The lowest BCUT2D eigenvalue weighted by Gasteiger charge is -2.31. The summed E-state index contributed by atoms with van der Waals surface area (Å²) in [4.78, 5) is 32.9. The summed E-state index contributed by atoms with van der Waals surface area (Å²) in [6.07, 6.45) is 1.72. The summed E-state index contributed by atoms with van der Waals surface area (Å²) < 4.78 is 0. The molecule has 0 aliphatic rings. The van der Waals surface area contributed by atoms with Crippen LogP contribution in [0.25, 0.3) is 0 Å². The number of hydrogen-bond donors (Lipinski definition) is 0. The summed E-state index contributed by atoms with van der Waals surface area (Å²) in [6.45, 7) is 9.36. The van der Waals surface area contributed by atoms with Gasteiger partial charge in [-0.1, -0.05) is 56.3 Å². The lowest BCUT2D eigenvalue weighted by molar-refractivity contribution is -0.133. The van der Waals surface area contributed by atoms with Crippen LogP contribution in [0.4, 0.5) is 0 Å². The first-order valence-electron chi connectivity index (χ1n) is 11.7. The Hall–Kier alpha value is -2.92. The third kappa shape index (κ3) is 6.78. The number of rotatable bonds is 10. The van der Waals surface area contributed by atoms with E-state index in [0.29, 0.717) is 18.7 Å². The number of nitrogens with zero attached hydrogens (tertiary/aromatic N) is 2. The highest BCUT2D eigenvalue weighted by Gasteiger charge is 2.26. The van der Waals surface area contributed by atoms with Gasteiger partial charge in [0, 0.05) is 27.9 Å². The van der Waals surface area contributed by atoms with E-state index in [1.807, 2.05) is 73.3 Å². The van der Waals surface area contributed by atoms with Crippen molar-refractivity contribution >= 4 is 23.2 Å². The lowest BCUT2D eigenvalue weighted by Crippen LogP contribution is -2.46. The van der Waals surface area contributed by atoms with E-state index in [1.165, 1.54) is 10.4 Å². The number of hydrogen-bond acceptors (Lipinski definition) is 3. The maximum absolute atomic E-state index is 13.6. The maximum atomic E-state index is 13.6. The minimum Gasteiger partial charge on any atom is -0.332 e. The van der Waals surface area contributed by atoms with Gasteiger partial charge < -0.3 is 9.80 Å². The molecule has 174 valence electrons. The summed E-state index contributed by atoms with van der Waals surface area (Å²) in [5, 5.41) is 0. The Morgan fingerprint density at radius 3 is 2.15 bits per heavy atom. The summed E-state index contributed by atoms with van der Waals surface area (Å²) in [5.41, 5.74) is 2.90. The largest absolute Gasteiger partial charge is 0.332 e. The van der Waals surface area contributed by atoms with Crippen molar-refractivity contribution in [1.29, 1.82) is 0 Å². The van der Waals surface area contributed by atoms with Crippen molar-refractivity contribution in [3.8, 4) is 0 Å². The molecule has 0 saturated carbocycles. The molecule has 1 heterocycles. The highest BCUT2D eigenvalue weighted by Crippen LogP contribution is 2.20. The minimum atomic E-state index is -0.0908. The number of thiophene rings is 1. The monoisotopic (exact) mass is 462 g/mol. The molecule has 0 spiro atoms. The zero-order valence-corrected chi connectivity index (χ0v) is 20.9. The van der Waals surface area contributed by atoms with Gasteiger partial charge in [0.25, 0.3) is 5.91 Å². The zero-order valence-electron chi connectivity index (χ0n) is 20.1. The average molecular weight is 463 g/mol. The molecular weight excluding hydrogens is 428 g/mol. The van der Waals surface area contributed by atoms with Crippen molar-refractivity contribution in [1.82, 2.24) is 9.80 Å². The van der Waals surface area contributed by atoms with Gasteiger partial charge in [-0.25, -0.2) is 0 Å².